The molecule has 27 heavy (non-hydrogen) atoms. The highest BCUT2D eigenvalue weighted by Gasteiger charge is 2.37. The van der Waals surface area contributed by atoms with Crippen LogP contribution in [-0.4, -0.2) is 47.7 Å². The van der Waals surface area contributed by atoms with Crippen molar-refractivity contribution in [2.75, 3.05) is 13.1 Å². The van der Waals surface area contributed by atoms with Crippen LogP contribution < -0.4 is 5.32 Å². The molecule has 0 spiro atoms. The zero-order valence-corrected chi connectivity index (χ0v) is 16.3. The van der Waals surface area contributed by atoms with Crippen LogP contribution in [0.4, 0.5) is 0 Å². The summed E-state index contributed by atoms with van der Waals surface area (Å²) in [5, 5.41) is 8.11. The molecule has 1 aromatic carbocycles. The van der Waals surface area contributed by atoms with Gasteiger partial charge in [0.2, 0.25) is 12.0 Å². The van der Waals surface area contributed by atoms with Crippen molar-refractivity contribution in [1.29, 1.82) is 0 Å². The first-order chi connectivity index (χ1) is 13.0. The van der Waals surface area contributed by atoms with E-state index in [-0.39, 0.29) is 17.7 Å². The van der Waals surface area contributed by atoms with Gasteiger partial charge in [-0.15, -0.1) is 0 Å². The summed E-state index contributed by atoms with van der Waals surface area (Å²) in [7, 11) is 0. The van der Waals surface area contributed by atoms with Crippen molar-refractivity contribution >= 4 is 40.7 Å². The second-order valence-electron chi connectivity index (χ2n) is 7.37. The highest BCUT2D eigenvalue weighted by atomic mass is 35.5. The van der Waals surface area contributed by atoms with E-state index in [9.17, 15) is 9.59 Å². The van der Waals surface area contributed by atoms with E-state index in [1.165, 1.54) is 0 Å². The summed E-state index contributed by atoms with van der Waals surface area (Å²) in [6, 6.07) is 5.48. The number of nitrogens with one attached hydrogen (secondary N) is 1. The molecule has 8 heteroatoms. The molecule has 2 fully saturated rings. The molecule has 0 bridgehead atoms. The maximum atomic E-state index is 12.9. The van der Waals surface area contributed by atoms with Gasteiger partial charge in [0.25, 0.3) is 5.91 Å². The van der Waals surface area contributed by atoms with Crippen LogP contribution in [0.2, 0.25) is 10.0 Å². The third-order valence-corrected chi connectivity index (χ3v) is 5.76. The molecule has 1 aliphatic carbocycles. The lowest BCUT2D eigenvalue weighted by Gasteiger charge is -2.33. The topological polar surface area (TPSA) is 71.0 Å². The Morgan fingerprint density at radius 2 is 2.04 bits per heavy atom. The Kier molecular flexibility index (Phi) is 5.28. The minimum Gasteiger partial charge on any atom is -0.382 e. The molecule has 2 aliphatic heterocycles. The number of benzene rings is 1. The lowest BCUT2D eigenvalue weighted by atomic mass is 9.96. The SMILES string of the molecule is O=C(NC1CC1)[C@H]1CCCN(C(=O)[C@@H]2CC(c3ccc(Cl)cc3Cl)=NO2)C1. The van der Waals surface area contributed by atoms with Gasteiger partial charge in [-0.3, -0.25) is 9.59 Å². The van der Waals surface area contributed by atoms with Crippen molar-refractivity contribution in [2.24, 2.45) is 11.1 Å². The molecular weight excluding hydrogens is 389 g/mol. The van der Waals surface area contributed by atoms with Crippen LogP contribution >= 0.6 is 23.2 Å². The van der Waals surface area contributed by atoms with Crippen LogP contribution in [0.25, 0.3) is 0 Å². The van der Waals surface area contributed by atoms with E-state index in [1.54, 1.807) is 23.1 Å². The average Bonchev–Trinajstić information content (AvgIpc) is 3.34. The number of hydrogen-bond acceptors (Lipinski definition) is 4. The molecule has 6 nitrogen and oxygen atoms in total. The Hall–Kier alpha value is -1.79. The smallest absolute Gasteiger partial charge is 0.266 e. The van der Waals surface area contributed by atoms with Crippen molar-refractivity contribution in [3.05, 3.63) is 33.8 Å². The average molecular weight is 410 g/mol. The Morgan fingerprint density at radius 1 is 1.22 bits per heavy atom. The van der Waals surface area contributed by atoms with Crippen molar-refractivity contribution in [1.82, 2.24) is 10.2 Å². The van der Waals surface area contributed by atoms with E-state index in [4.69, 9.17) is 28.0 Å². The summed E-state index contributed by atoms with van der Waals surface area (Å²) in [6.45, 7) is 1.08. The Balaban J connectivity index is 1.36. The molecule has 2 amide bonds. The van der Waals surface area contributed by atoms with Gasteiger partial charge in [0, 0.05) is 36.1 Å². The highest BCUT2D eigenvalue weighted by Crippen LogP contribution is 2.28. The number of nitrogens with zero attached hydrogens (tertiary/aromatic N) is 2. The molecule has 0 radical (unpaired) electrons. The molecule has 0 aromatic heterocycles. The normalized spacial score (nSPS) is 25.0. The molecule has 0 unspecified atom stereocenters. The fourth-order valence-corrected chi connectivity index (χ4v) is 4.05. The van der Waals surface area contributed by atoms with Gasteiger partial charge < -0.3 is 15.1 Å². The maximum Gasteiger partial charge on any atom is 0.266 e. The standard InChI is InChI=1S/C19H21Cl2N3O3/c20-12-3-6-14(15(21)8-12)16-9-17(27-23-16)19(26)24-7-1-2-11(10-24)18(25)22-13-4-5-13/h3,6,8,11,13,17H,1-2,4-5,7,9-10H2,(H,22,25)/t11-,17-/m0/s1. The summed E-state index contributed by atoms with van der Waals surface area (Å²) in [5.74, 6) is -0.203. The molecule has 1 saturated carbocycles. The Labute approximate surface area is 167 Å². The first-order valence-electron chi connectivity index (χ1n) is 9.28. The molecular formula is C19H21Cl2N3O3. The predicted octanol–water partition coefficient (Wildman–Crippen LogP) is 3.00. The van der Waals surface area contributed by atoms with Crippen LogP contribution in [0, 0.1) is 5.92 Å². The van der Waals surface area contributed by atoms with Gasteiger partial charge in [0.05, 0.1) is 16.7 Å². The van der Waals surface area contributed by atoms with E-state index in [0.29, 0.717) is 41.3 Å². The van der Waals surface area contributed by atoms with Gasteiger partial charge in [-0.2, -0.15) is 0 Å². The Bertz CT molecular complexity index is 794. The van der Waals surface area contributed by atoms with E-state index in [2.05, 4.69) is 10.5 Å². The number of carbonyl (C=O) groups is 2. The molecule has 1 saturated heterocycles. The number of carbonyl (C=O) groups excluding carboxylic acids is 2. The third-order valence-electron chi connectivity index (χ3n) is 5.21. The summed E-state index contributed by atoms with van der Waals surface area (Å²) in [5.41, 5.74) is 1.35. The fraction of sp³-hybridized carbons (Fsp3) is 0.526. The summed E-state index contributed by atoms with van der Waals surface area (Å²) in [4.78, 5) is 32.3. The van der Waals surface area contributed by atoms with Crippen molar-refractivity contribution in [3.63, 3.8) is 0 Å². The van der Waals surface area contributed by atoms with Crippen LogP contribution in [0.5, 0.6) is 0 Å². The molecule has 1 N–H and O–H groups in total. The first-order valence-corrected chi connectivity index (χ1v) is 10.0. The zero-order valence-electron chi connectivity index (χ0n) is 14.8. The number of piperidine rings is 1. The van der Waals surface area contributed by atoms with E-state index < -0.39 is 6.10 Å². The van der Waals surface area contributed by atoms with Crippen molar-refractivity contribution < 1.29 is 14.4 Å². The van der Waals surface area contributed by atoms with Crippen molar-refractivity contribution in [3.8, 4) is 0 Å². The molecule has 4 rings (SSSR count). The molecule has 2 heterocycles. The Morgan fingerprint density at radius 3 is 2.78 bits per heavy atom. The number of oxime groups is 1. The number of amides is 2. The summed E-state index contributed by atoms with van der Waals surface area (Å²) in [6.07, 6.45) is 3.44. The largest absolute Gasteiger partial charge is 0.382 e. The van der Waals surface area contributed by atoms with Crippen LogP contribution in [0.15, 0.2) is 23.4 Å². The van der Waals surface area contributed by atoms with Crippen LogP contribution in [0.1, 0.15) is 37.7 Å². The van der Waals surface area contributed by atoms with E-state index >= 15 is 0 Å². The number of halogens is 2. The molecule has 144 valence electrons. The van der Waals surface area contributed by atoms with Crippen LogP contribution in [-0.2, 0) is 14.4 Å². The van der Waals surface area contributed by atoms with Crippen LogP contribution in [0.3, 0.4) is 0 Å². The van der Waals surface area contributed by atoms with Crippen molar-refractivity contribution in [2.45, 2.75) is 44.2 Å². The van der Waals surface area contributed by atoms with Gasteiger partial charge in [0.1, 0.15) is 0 Å². The molecule has 3 aliphatic rings. The quantitative estimate of drug-likeness (QED) is 0.830. The van der Waals surface area contributed by atoms with Gasteiger partial charge in [-0.05, 0) is 37.8 Å². The minimum atomic E-state index is -0.669. The van der Waals surface area contributed by atoms with Gasteiger partial charge in [0.15, 0.2) is 0 Å². The van der Waals surface area contributed by atoms with E-state index in [1.807, 2.05) is 0 Å². The number of hydrogen-bond donors (Lipinski definition) is 1. The lowest BCUT2D eigenvalue weighted by molar-refractivity contribution is -0.145. The summed E-state index contributed by atoms with van der Waals surface area (Å²) >= 11 is 12.2. The fourth-order valence-electron chi connectivity index (χ4n) is 3.53. The van der Waals surface area contributed by atoms with Gasteiger partial charge in [-0.1, -0.05) is 34.4 Å². The highest BCUT2D eigenvalue weighted by molar-refractivity contribution is 6.37. The predicted molar refractivity (Wildman–Crippen MR) is 103 cm³/mol. The summed E-state index contributed by atoms with van der Waals surface area (Å²) < 4.78 is 0. The van der Waals surface area contributed by atoms with Gasteiger partial charge in [-0.25, -0.2) is 0 Å². The van der Waals surface area contributed by atoms with E-state index in [0.717, 1.165) is 31.2 Å². The third kappa shape index (κ3) is 4.22. The zero-order chi connectivity index (χ0) is 19.0. The molecule has 2 atom stereocenters. The maximum absolute atomic E-state index is 12.9. The number of rotatable bonds is 4. The second kappa shape index (κ2) is 7.68. The number of likely N-dealkylation sites (tertiary alicyclic amines) is 1. The lowest BCUT2D eigenvalue weighted by Crippen LogP contribution is -2.48. The second-order valence-corrected chi connectivity index (χ2v) is 8.21. The van der Waals surface area contributed by atoms with Gasteiger partial charge >= 0.3 is 0 Å². The monoisotopic (exact) mass is 409 g/mol. The first kappa shape index (κ1) is 18.6. The molecule has 1 aromatic rings. The minimum absolute atomic E-state index is 0.0622.